The molecule has 3 saturated carbocycles. The summed E-state index contributed by atoms with van der Waals surface area (Å²) in [5, 5.41) is 0. The van der Waals surface area contributed by atoms with Crippen molar-refractivity contribution >= 4 is 18.5 Å². The summed E-state index contributed by atoms with van der Waals surface area (Å²) in [5.41, 5.74) is -2.01. The number of rotatable bonds is 9. The van der Waals surface area contributed by atoms with Gasteiger partial charge in [0.05, 0.1) is 20.3 Å². The first-order valence-electron chi connectivity index (χ1n) is 14.8. The summed E-state index contributed by atoms with van der Waals surface area (Å²) in [5.74, 6) is 0.224. The molecule has 224 valence electrons. The van der Waals surface area contributed by atoms with E-state index in [1.807, 2.05) is 41.5 Å². The van der Waals surface area contributed by atoms with Gasteiger partial charge in [0.15, 0.2) is 0 Å². The smallest absolute Gasteiger partial charge is 0.438 e. The van der Waals surface area contributed by atoms with E-state index in [-0.39, 0.29) is 42.0 Å². The normalized spacial score (nSPS) is 30.2. The number of carbonyl (C=O) groups excluding carboxylic acids is 3. The molecule has 0 radical (unpaired) electrons. The molecule has 0 aromatic rings. The first-order valence-corrected chi connectivity index (χ1v) is 14.8. The van der Waals surface area contributed by atoms with Gasteiger partial charge in [-0.2, -0.15) is 0 Å². The zero-order valence-electron chi connectivity index (χ0n) is 25.1. The van der Waals surface area contributed by atoms with Crippen LogP contribution in [0.15, 0.2) is 0 Å². The molecule has 0 aromatic heterocycles. The Hall–Kier alpha value is -2.19. The molecule has 0 heterocycles. The number of carbonyl (C=O) groups is 3. The van der Waals surface area contributed by atoms with Gasteiger partial charge < -0.3 is 28.4 Å². The summed E-state index contributed by atoms with van der Waals surface area (Å²) < 4.78 is 33.3. The fourth-order valence-electron chi connectivity index (χ4n) is 6.72. The van der Waals surface area contributed by atoms with Crippen LogP contribution in [0.25, 0.3) is 0 Å². The highest BCUT2D eigenvalue weighted by Gasteiger charge is 2.52. The molecule has 0 spiro atoms. The van der Waals surface area contributed by atoms with Crippen molar-refractivity contribution in [2.45, 2.75) is 129 Å². The minimum absolute atomic E-state index is 0.0541. The summed E-state index contributed by atoms with van der Waals surface area (Å²) in [7, 11) is 1.30. The largest absolute Gasteiger partial charge is 0.508 e. The lowest BCUT2D eigenvalue weighted by molar-refractivity contribution is -0.0921. The zero-order valence-corrected chi connectivity index (χ0v) is 25.1. The molecule has 3 rings (SSSR count). The van der Waals surface area contributed by atoms with Crippen LogP contribution < -0.4 is 0 Å². The molecule has 39 heavy (non-hydrogen) atoms. The summed E-state index contributed by atoms with van der Waals surface area (Å²) >= 11 is 0. The second-order valence-electron chi connectivity index (χ2n) is 13.3. The number of methoxy groups -OCH3 is 1. The summed E-state index contributed by atoms with van der Waals surface area (Å²) in [6, 6.07) is 0. The number of hydrogen-bond acceptors (Lipinski definition) is 9. The molecule has 3 aliphatic rings. The van der Waals surface area contributed by atoms with Gasteiger partial charge in [-0.3, -0.25) is 0 Å². The molecule has 0 amide bonds. The van der Waals surface area contributed by atoms with E-state index in [2.05, 4.69) is 0 Å². The molecule has 4 atom stereocenters. The van der Waals surface area contributed by atoms with Gasteiger partial charge in [0.1, 0.15) is 16.8 Å². The van der Waals surface area contributed by atoms with Crippen molar-refractivity contribution < 1.29 is 42.8 Å². The van der Waals surface area contributed by atoms with Crippen molar-refractivity contribution in [1.82, 2.24) is 0 Å². The Morgan fingerprint density at radius 1 is 0.795 bits per heavy atom. The second-order valence-corrected chi connectivity index (χ2v) is 13.3. The fourth-order valence-corrected chi connectivity index (χ4v) is 6.72. The van der Waals surface area contributed by atoms with Gasteiger partial charge in [0.25, 0.3) is 0 Å². The van der Waals surface area contributed by atoms with Gasteiger partial charge in [0.2, 0.25) is 0 Å². The zero-order chi connectivity index (χ0) is 28.9. The Morgan fingerprint density at radius 2 is 1.36 bits per heavy atom. The number of hydrogen-bond donors (Lipinski definition) is 0. The van der Waals surface area contributed by atoms with E-state index in [4.69, 9.17) is 28.4 Å². The summed E-state index contributed by atoms with van der Waals surface area (Å²) in [4.78, 5) is 37.1. The molecule has 9 heteroatoms. The van der Waals surface area contributed by atoms with Crippen molar-refractivity contribution in [1.29, 1.82) is 0 Å². The maximum absolute atomic E-state index is 12.8. The highest BCUT2D eigenvalue weighted by molar-refractivity contribution is 5.61. The van der Waals surface area contributed by atoms with E-state index in [1.165, 1.54) is 7.11 Å². The van der Waals surface area contributed by atoms with Gasteiger partial charge in [-0.15, -0.1) is 0 Å². The fraction of sp³-hybridized carbons (Fsp3) is 0.900. The van der Waals surface area contributed by atoms with E-state index in [0.717, 1.165) is 44.9 Å². The van der Waals surface area contributed by atoms with Crippen molar-refractivity contribution in [2.24, 2.45) is 23.2 Å². The van der Waals surface area contributed by atoms with Crippen molar-refractivity contribution in [3.05, 3.63) is 0 Å². The van der Waals surface area contributed by atoms with Crippen LogP contribution in [0.5, 0.6) is 0 Å². The monoisotopic (exact) mass is 554 g/mol. The van der Waals surface area contributed by atoms with Gasteiger partial charge in [0, 0.05) is 5.41 Å². The highest BCUT2D eigenvalue weighted by atomic mass is 16.7. The Labute approximate surface area is 233 Å². The van der Waals surface area contributed by atoms with E-state index in [1.54, 1.807) is 0 Å². The third-order valence-electron chi connectivity index (χ3n) is 9.67. The lowest BCUT2D eigenvalue weighted by Crippen LogP contribution is -2.45. The summed E-state index contributed by atoms with van der Waals surface area (Å²) in [6.07, 6.45) is 6.88. The molecule has 0 aromatic carbocycles. The molecular weight excluding hydrogens is 504 g/mol. The lowest BCUT2D eigenvalue weighted by Gasteiger charge is -2.40. The lowest BCUT2D eigenvalue weighted by atomic mass is 9.74. The predicted octanol–water partition coefficient (Wildman–Crippen LogP) is 7.58. The van der Waals surface area contributed by atoms with E-state index in [0.29, 0.717) is 25.7 Å². The Bertz CT molecular complexity index is 857. The molecule has 0 N–H and O–H groups in total. The van der Waals surface area contributed by atoms with E-state index < -0.39 is 29.7 Å². The first-order chi connectivity index (χ1) is 18.3. The average molecular weight is 555 g/mol. The molecule has 3 fully saturated rings. The van der Waals surface area contributed by atoms with Crippen LogP contribution >= 0.6 is 0 Å². The third kappa shape index (κ3) is 7.51. The quantitative estimate of drug-likeness (QED) is 0.210. The molecule has 4 unspecified atom stereocenters. The van der Waals surface area contributed by atoms with Crippen LogP contribution in [-0.4, -0.2) is 55.6 Å². The van der Waals surface area contributed by atoms with Crippen molar-refractivity contribution in [3.8, 4) is 0 Å². The predicted molar refractivity (Wildman–Crippen MR) is 144 cm³/mol. The maximum atomic E-state index is 12.8. The maximum Gasteiger partial charge on any atom is 0.508 e. The average Bonchev–Trinajstić information content (AvgIpc) is 3.61. The molecule has 3 aliphatic carbocycles. The highest BCUT2D eigenvalue weighted by Crippen LogP contribution is 2.49. The minimum Gasteiger partial charge on any atom is -0.438 e. The van der Waals surface area contributed by atoms with Crippen LogP contribution in [0, 0.1) is 23.2 Å². The first kappa shape index (κ1) is 31.3. The molecule has 0 aliphatic heterocycles. The molecular formula is C30H50O9. The van der Waals surface area contributed by atoms with Crippen LogP contribution in [0.1, 0.15) is 112 Å². The van der Waals surface area contributed by atoms with E-state index >= 15 is 0 Å². The minimum atomic E-state index is -0.693. The summed E-state index contributed by atoms with van der Waals surface area (Å²) in [6.45, 7) is 12.7. The van der Waals surface area contributed by atoms with Gasteiger partial charge >= 0.3 is 18.5 Å². The van der Waals surface area contributed by atoms with Crippen LogP contribution in [-0.2, 0) is 28.4 Å². The Kier molecular flexibility index (Phi) is 10.1. The van der Waals surface area contributed by atoms with Gasteiger partial charge in [-0.05, 0) is 88.4 Å². The van der Waals surface area contributed by atoms with Crippen LogP contribution in [0.4, 0.5) is 14.4 Å². The van der Waals surface area contributed by atoms with E-state index in [9.17, 15) is 14.4 Å². The SMILES string of the molecule is CCC1(OC(=O)OCC2CCC(OC(=O)OCC3CCC(OC(=O)OC)(C(C)(C)C)C3)(C(C)C)C2)CCCC1. The molecule has 0 bridgehead atoms. The van der Waals surface area contributed by atoms with Crippen LogP contribution in [0.2, 0.25) is 0 Å². The standard InChI is InChI=1S/C30H50O9/c1-8-28(13-9-10-14-28)37-25(32)35-19-22-11-15-29(17-22,21(2)3)38-26(33)36-20-23-12-16-30(18-23,27(4,5)6)39-24(31)34-7/h21-23H,8-20H2,1-7H3. The Balaban J connectivity index is 1.48. The molecule has 9 nitrogen and oxygen atoms in total. The topological polar surface area (TPSA) is 107 Å². The van der Waals surface area contributed by atoms with Crippen molar-refractivity contribution in [2.75, 3.05) is 20.3 Å². The van der Waals surface area contributed by atoms with Crippen molar-refractivity contribution in [3.63, 3.8) is 0 Å². The molecule has 0 saturated heterocycles. The third-order valence-corrected chi connectivity index (χ3v) is 9.67. The Morgan fingerprint density at radius 3 is 1.90 bits per heavy atom. The van der Waals surface area contributed by atoms with Gasteiger partial charge in [-0.25, -0.2) is 14.4 Å². The second kappa shape index (κ2) is 12.5. The number of ether oxygens (including phenoxy) is 6. The van der Waals surface area contributed by atoms with Gasteiger partial charge in [-0.1, -0.05) is 41.5 Å². The van der Waals surface area contributed by atoms with Crippen LogP contribution in [0.3, 0.4) is 0 Å².